The van der Waals surface area contributed by atoms with E-state index >= 15 is 0 Å². The summed E-state index contributed by atoms with van der Waals surface area (Å²) in [5.41, 5.74) is 0. The van der Waals surface area contributed by atoms with Gasteiger partial charge in [-0.05, 0) is 64.3 Å². The fourth-order valence-electron chi connectivity index (χ4n) is 4.39. The molecule has 0 spiro atoms. The maximum absolute atomic E-state index is 13.0. The Morgan fingerprint density at radius 3 is 2.32 bits per heavy atom. The fourth-order valence-corrected chi connectivity index (χ4v) is 6.99. The molecule has 0 amide bonds. The van der Waals surface area contributed by atoms with Gasteiger partial charge in [0.2, 0.25) is 0 Å². The third-order valence-corrected chi connectivity index (χ3v) is 9.33. The predicted molar refractivity (Wildman–Crippen MR) is 104 cm³/mol. The SMILES string of the molecule is CN1CCC(N(C)[C@@H]2CCCC[C@H]2N(C)S(=O)(=O)c2cccs2)CC1. The molecule has 0 unspecified atom stereocenters. The van der Waals surface area contributed by atoms with Crippen LogP contribution in [0.5, 0.6) is 0 Å². The molecule has 2 heterocycles. The number of thiophene rings is 1. The molecule has 0 bridgehead atoms. The summed E-state index contributed by atoms with van der Waals surface area (Å²) in [6.45, 7) is 2.27. The van der Waals surface area contributed by atoms with Gasteiger partial charge in [0, 0.05) is 25.2 Å². The van der Waals surface area contributed by atoms with Crippen LogP contribution in [-0.2, 0) is 10.0 Å². The second-order valence-electron chi connectivity index (χ2n) is 7.57. The van der Waals surface area contributed by atoms with Gasteiger partial charge in [-0.15, -0.1) is 11.3 Å². The van der Waals surface area contributed by atoms with E-state index in [0.717, 1.165) is 32.4 Å². The molecule has 1 saturated carbocycles. The first-order chi connectivity index (χ1) is 11.9. The van der Waals surface area contributed by atoms with Crippen molar-refractivity contribution in [2.24, 2.45) is 0 Å². The normalized spacial score (nSPS) is 27.2. The molecule has 2 aliphatic rings. The van der Waals surface area contributed by atoms with E-state index in [4.69, 9.17) is 0 Å². The Morgan fingerprint density at radius 2 is 1.72 bits per heavy atom. The van der Waals surface area contributed by atoms with E-state index in [1.54, 1.807) is 17.4 Å². The number of likely N-dealkylation sites (tertiary alicyclic amines) is 1. The van der Waals surface area contributed by atoms with Crippen molar-refractivity contribution in [1.82, 2.24) is 14.1 Å². The number of hydrogen-bond donors (Lipinski definition) is 0. The summed E-state index contributed by atoms with van der Waals surface area (Å²) >= 11 is 1.31. The van der Waals surface area contributed by atoms with Gasteiger partial charge >= 0.3 is 0 Å². The summed E-state index contributed by atoms with van der Waals surface area (Å²) < 4.78 is 28.1. The zero-order valence-electron chi connectivity index (χ0n) is 15.6. The van der Waals surface area contributed by atoms with Crippen molar-refractivity contribution in [2.45, 2.75) is 60.9 Å². The standard InChI is InChI=1S/C18H31N3O2S2/c1-19-12-10-15(11-13-19)20(2)16-7-4-5-8-17(16)21(3)25(22,23)18-9-6-14-24-18/h6,9,14-17H,4-5,7-8,10-13H2,1-3H3/t16-,17-/m1/s1. The first-order valence-corrected chi connectivity index (χ1v) is 11.6. The Balaban J connectivity index is 1.76. The van der Waals surface area contributed by atoms with Crippen LogP contribution >= 0.6 is 11.3 Å². The second kappa shape index (κ2) is 8.05. The number of likely N-dealkylation sites (N-methyl/N-ethyl adjacent to an activating group) is 2. The van der Waals surface area contributed by atoms with Crippen molar-refractivity contribution in [3.8, 4) is 0 Å². The summed E-state index contributed by atoms with van der Waals surface area (Å²) in [5.74, 6) is 0. The zero-order chi connectivity index (χ0) is 18.0. The molecule has 2 fully saturated rings. The molecule has 1 aliphatic carbocycles. The summed E-state index contributed by atoms with van der Waals surface area (Å²) in [5, 5.41) is 1.84. The largest absolute Gasteiger partial charge is 0.306 e. The van der Waals surface area contributed by atoms with Crippen LogP contribution in [0.4, 0.5) is 0 Å². The summed E-state index contributed by atoms with van der Waals surface area (Å²) in [7, 11) is 2.79. The molecule has 3 rings (SSSR count). The lowest BCUT2D eigenvalue weighted by molar-refractivity contribution is 0.0534. The lowest BCUT2D eigenvalue weighted by Gasteiger charge is -2.46. The number of nitrogens with zero attached hydrogens (tertiary/aromatic N) is 3. The average Bonchev–Trinajstić information content (AvgIpc) is 3.16. The molecule has 0 aromatic carbocycles. The van der Waals surface area contributed by atoms with E-state index in [1.807, 2.05) is 11.4 Å². The topological polar surface area (TPSA) is 43.9 Å². The Labute approximate surface area is 156 Å². The third-order valence-electron chi connectivity index (χ3n) is 6.08. The molecular formula is C18H31N3O2S2. The first kappa shape index (κ1) is 19.3. The molecule has 25 heavy (non-hydrogen) atoms. The van der Waals surface area contributed by atoms with E-state index in [9.17, 15) is 8.42 Å². The monoisotopic (exact) mass is 385 g/mol. The zero-order valence-corrected chi connectivity index (χ0v) is 17.2. The van der Waals surface area contributed by atoms with E-state index < -0.39 is 10.0 Å². The van der Waals surface area contributed by atoms with Crippen LogP contribution in [0.3, 0.4) is 0 Å². The minimum atomic E-state index is -3.38. The van der Waals surface area contributed by atoms with Gasteiger partial charge in [-0.2, -0.15) is 4.31 Å². The lowest BCUT2D eigenvalue weighted by Crippen LogP contribution is -2.56. The average molecular weight is 386 g/mol. The number of sulfonamides is 1. The maximum Gasteiger partial charge on any atom is 0.252 e. The van der Waals surface area contributed by atoms with Crippen molar-refractivity contribution >= 4 is 21.4 Å². The predicted octanol–water partition coefficient (Wildman–Crippen LogP) is 2.71. The van der Waals surface area contributed by atoms with Crippen molar-refractivity contribution in [1.29, 1.82) is 0 Å². The van der Waals surface area contributed by atoms with Gasteiger partial charge in [0.15, 0.2) is 0 Å². The Kier molecular flexibility index (Phi) is 6.21. The minimum absolute atomic E-state index is 0.0745. The van der Waals surface area contributed by atoms with E-state index in [1.165, 1.54) is 30.6 Å². The molecule has 7 heteroatoms. The number of hydrogen-bond acceptors (Lipinski definition) is 5. The van der Waals surface area contributed by atoms with Crippen LogP contribution in [0, 0.1) is 0 Å². The highest BCUT2D eigenvalue weighted by Crippen LogP contribution is 2.32. The van der Waals surface area contributed by atoms with Crippen molar-refractivity contribution in [2.75, 3.05) is 34.2 Å². The van der Waals surface area contributed by atoms with Crippen LogP contribution in [0.25, 0.3) is 0 Å². The highest BCUT2D eigenvalue weighted by atomic mass is 32.2. The smallest absolute Gasteiger partial charge is 0.252 e. The molecule has 5 nitrogen and oxygen atoms in total. The fraction of sp³-hybridized carbons (Fsp3) is 0.778. The Bertz CT molecular complexity index is 639. The quantitative estimate of drug-likeness (QED) is 0.782. The van der Waals surface area contributed by atoms with Crippen LogP contribution in [0.2, 0.25) is 0 Å². The van der Waals surface area contributed by atoms with Gasteiger partial charge in [-0.25, -0.2) is 8.42 Å². The molecule has 2 atom stereocenters. The molecule has 0 radical (unpaired) electrons. The first-order valence-electron chi connectivity index (χ1n) is 9.33. The molecule has 1 aliphatic heterocycles. The van der Waals surface area contributed by atoms with Gasteiger partial charge in [0.25, 0.3) is 10.0 Å². The number of rotatable bonds is 5. The van der Waals surface area contributed by atoms with Crippen molar-refractivity contribution in [3.63, 3.8) is 0 Å². The minimum Gasteiger partial charge on any atom is -0.306 e. The Morgan fingerprint density at radius 1 is 1.08 bits per heavy atom. The summed E-state index contributed by atoms with van der Waals surface area (Å²) in [6.07, 6.45) is 6.73. The molecular weight excluding hydrogens is 354 g/mol. The molecule has 0 N–H and O–H groups in total. The van der Waals surface area contributed by atoms with Gasteiger partial charge in [0.05, 0.1) is 0 Å². The van der Waals surface area contributed by atoms with Crippen LogP contribution in [-0.4, -0.2) is 74.9 Å². The van der Waals surface area contributed by atoms with Gasteiger partial charge in [-0.3, -0.25) is 4.90 Å². The van der Waals surface area contributed by atoms with Crippen molar-refractivity contribution in [3.05, 3.63) is 17.5 Å². The molecule has 142 valence electrons. The third kappa shape index (κ3) is 4.11. The highest BCUT2D eigenvalue weighted by molar-refractivity contribution is 7.91. The van der Waals surface area contributed by atoms with Crippen molar-refractivity contribution < 1.29 is 8.42 Å². The van der Waals surface area contributed by atoms with E-state index in [0.29, 0.717) is 16.3 Å². The second-order valence-corrected chi connectivity index (χ2v) is 10.7. The Hall–Kier alpha value is -0.470. The van der Waals surface area contributed by atoms with E-state index in [-0.39, 0.29) is 6.04 Å². The van der Waals surface area contributed by atoms with Gasteiger partial charge in [0.1, 0.15) is 4.21 Å². The maximum atomic E-state index is 13.0. The van der Waals surface area contributed by atoms with Crippen LogP contribution < -0.4 is 0 Å². The highest BCUT2D eigenvalue weighted by Gasteiger charge is 2.39. The lowest BCUT2D eigenvalue weighted by atomic mass is 9.87. The van der Waals surface area contributed by atoms with Gasteiger partial charge < -0.3 is 4.90 Å². The molecule has 1 aromatic rings. The van der Waals surface area contributed by atoms with Crippen LogP contribution in [0.1, 0.15) is 38.5 Å². The molecule has 1 saturated heterocycles. The van der Waals surface area contributed by atoms with E-state index in [2.05, 4.69) is 23.9 Å². The van der Waals surface area contributed by atoms with Crippen LogP contribution in [0.15, 0.2) is 21.7 Å². The van der Waals surface area contributed by atoms with Gasteiger partial charge in [-0.1, -0.05) is 18.9 Å². The molecule has 1 aromatic heterocycles. The summed E-state index contributed by atoms with van der Waals surface area (Å²) in [4.78, 5) is 4.88. The summed E-state index contributed by atoms with van der Waals surface area (Å²) in [6, 6.07) is 4.50. The number of piperidine rings is 1.